The average Bonchev–Trinajstić information content (AvgIpc) is 3.28. The van der Waals surface area contributed by atoms with Crippen LogP contribution in [0.4, 0.5) is 0 Å². The zero-order valence-corrected chi connectivity index (χ0v) is 18.3. The maximum atomic E-state index is 12.9. The summed E-state index contributed by atoms with van der Waals surface area (Å²) in [7, 11) is 1.46. The Morgan fingerprint density at radius 1 is 1.06 bits per heavy atom. The van der Waals surface area contributed by atoms with Gasteiger partial charge in [-0.3, -0.25) is 14.4 Å². The van der Waals surface area contributed by atoms with Crippen molar-refractivity contribution in [1.82, 2.24) is 10.6 Å². The van der Waals surface area contributed by atoms with E-state index in [1.165, 1.54) is 7.11 Å². The topological polar surface area (TPSA) is 123 Å². The van der Waals surface area contributed by atoms with Crippen molar-refractivity contribution in [2.45, 2.75) is 25.7 Å². The zero-order chi connectivity index (χ0) is 23.6. The molecule has 0 atom stereocenters. The first kappa shape index (κ1) is 23.6. The van der Waals surface area contributed by atoms with Crippen LogP contribution < -0.4 is 24.8 Å². The lowest BCUT2D eigenvalue weighted by Crippen LogP contribution is -2.35. The molecule has 0 saturated heterocycles. The molecular formula is C24H26N2O7. The summed E-state index contributed by atoms with van der Waals surface area (Å²) in [6.07, 6.45) is 3.47. The number of hydrogen-bond acceptors (Lipinski definition) is 6. The first-order valence-corrected chi connectivity index (χ1v) is 10.5. The van der Waals surface area contributed by atoms with Gasteiger partial charge in [0.15, 0.2) is 11.5 Å². The molecule has 1 aliphatic heterocycles. The van der Waals surface area contributed by atoms with Crippen LogP contribution in [0.15, 0.2) is 48.2 Å². The predicted octanol–water partition coefficient (Wildman–Crippen LogP) is 2.96. The molecule has 2 aromatic rings. The summed E-state index contributed by atoms with van der Waals surface area (Å²) in [6.45, 7) is 0.476. The van der Waals surface area contributed by atoms with E-state index in [1.54, 1.807) is 48.5 Å². The molecule has 3 rings (SSSR count). The van der Waals surface area contributed by atoms with Gasteiger partial charge >= 0.3 is 5.97 Å². The van der Waals surface area contributed by atoms with E-state index < -0.39 is 17.8 Å². The van der Waals surface area contributed by atoms with E-state index in [4.69, 9.17) is 19.3 Å². The van der Waals surface area contributed by atoms with Crippen LogP contribution in [0.3, 0.4) is 0 Å². The lowest BCUT2D eigenvalue weighted by Gasteiger charge is -2.13. The highest BCUT2D eigenvalue weighted by Crippen LogP contribution is 2.33. The summed E-state index contributed by atoms with van der Waals surface area (Å²) in [4.78, 5) is 36.3. The van der Waals surface area contributed by atoms with Gasteiger partial charge < -0.3 is 30.0 Å². The van der Waals surface area contributed by atoms with Gasteiger partial charge in [-0.05, 0) is 48.7 Å². The minimum Gasteiger partial charge on any atom is -0.496 e. The van der Waals surface area contributed by atoms with Crippen LogP contribution >= 0.6 is 0 Å². The molecule has 0 fully saturated rings. The predicted molar refractivity (Wildman–Crippen MR) is 120 cm³/mol. The number of para-hydroxylation sites is 1. The van der Waals surface area contributed by atoms with Crippen molar-refractivity contribution in [3.8, 4) is 17.2 Å². The molecule has 0 bridgehead atoms. The van der Waals surface area contributed by atoms with Gasteiger partial charge in [0.1, 0.15) is 11.4 Å². The van der Waals surface area contributed by atoms with E-state index in [-0.39, 0.29) is 24.5 Å². The maximum Gasteiger partial charge on any atom is 0.303 e. The third kappa shape index (κ3) is 6.73. The number of carboxylic acids is 1. The molecule has 9 heteroatoms. The largest absolute Gasteiger partial charge is 0.496 e. The monoisotopic (exact) mass is 454 g/mol. The van der Waals surface area contributed by atoms with E-state index in [2.05, 4.69) is 10.6 Å². The van der Waals surface area contributed by atoms with Crippen LogP contribution in [0, 0.1) is 0 Å². The number of amides is 2. The fourth-order valence-electron chi connectivity index (χ4n) is 3.22. The molecule has 0 aliphatic carbocycles. The standard InChI is InChI=1S/C24H26N2O7/c1-31-19-8-5-4-7-17(19)23(29)26-18(24(30)25-12-6-2-3-9-22(27)28)13-16-10-11-20-21(14-16)33-15-32-20/h4-5,7-8,10-11,13-14H,2-3,6,9,12,15H2,1H3,(H,25,30)(H,26,29)(H,27,28). The fraction of sp³-hybridized carbons (Fsp3) is 0.292. The Hall–Kier alpha value is -4.01. The number of unbranched alkanes of at least 4 members (excludes halogenated alkanes) is 2. The minimum atomic E-state index is -0.841. The Morgan fingerprint density at radius 2 is 1.85 bits per heavy atom. The highest BCUT2D eigenvalue weighted by molar-refractivity contribution is 6.06. The second-order valence-electron chi connectivity index (χ2n) is 7.29. The SMILES string of the molecule is COc1ccccc1C(=O)NC(=Cc1ccc2c(c1)OCO2)C(=O)NCCCCCC(=O)O. The summed E-state index contributed by atoms with van der Waals surface area (Å²) in [6, 6.07) is 11.9. The van der Waals surface area contributed by atoms with Gasteiger partial charge in [0.05, 0.1) is 12.7 Å². The molecular weight excluding hydrogens is 428 g/mol. The van der Waals surface area contributed by atoms with Crippen LogP contribution in [0.5, 0.6) is 17.2 Å². The number of ether oxygens (including phenoxy) is 3. The zero-order valence-electron chi connectivity index (χ0n) is 18.3. The van der Waals surface area contributed by atoms with Crippen molar-refractivity contribution in [3.05, 3.63) is 59.3 Å². The van der Waals surface area contributed by atoms with E-state index in [0.29, 0.717) is 48.6 Å². The van der Waals surface area contributed by atoms with Crippen LogP contribution in [-0.2, 0) is 9.59 Å². The number of carbonyl (C=O) groups excluding carboxylic acids is 2. The fourth-order valence-corrected chi connectivity index (χ4v) is 3.22. The summed E-state index contributed by atoms with van der Waals surface area (Å²) >= 11 is 0. The summed E-state index contributed by atoms with van der Waals surface area (Å²) < 4.78 is 15.9. The van der Waals surface area contributed by atoms with Gasteiger partial charge in [-0.15, -0.1) is 0 Å². The Morgan fingerprint density at radius 3 is 2.64 bits per heavy atom. The number of rotatable bonds is 11. The van der Waals surface area contributed by atoms with Crippen LogP contribution in [0.2, 0.25) is 0 Å². The average molecular weight is 454 g/mol. The number of aliphatic carboxylic acids is 1. The van der Waals surface area contributed by atoms with E-state index in [0.717, 1.165) is 0 Å². The number of carbonyl (C=O) groups is 3. The molecule has 0 spiro atoms. The molecule has 0 unspecified atom stereocenters. The Kier molecular flexibility index (Phi) is 8.29. The third-order valence-corrected chi connectivity index (χ3v) is 4.91. The number of hydrogen-bond donors (Lipinski definition) is 3. The highest BCUT2D eigenvalue weighted by atomic mass is 16.7. The minimum absolute atomic E-state index is 0.0512. The first-order valence-electron chi connectivity index (χ1n) is 10.5. The van der Waals surface area contributed by atoms with Crippen molar-refractivity contribution in [3.63, 3.8) is 0 Å². The molecule has 0 radical (unpaired) electrons. The molecule has 2 amide bonds. The quantitative estimate of drug-likeness (QED) is 0.352. The number of methoxy groups -OCH3 is 1. The molecule has 0 saturated carbocycles. The summed E-state index contributed by atoms with van der Waals surface area (Å²) in [5.41, 5.74) is 0.986. The van der Waals surface area contributed by atoms with Crippen molar-refractivity contribution >= 4 is 23.9 Å². The van der Waals surface area contributed by atoms with Crippen molar-refractivity contribution in [1.29, 1.82) is 0 Å². The Bertz CT molecular complexity index is 1050. The maximum absolute atomic E-state index is 12.9. The number of benzene rings is 2. The first-order chi connectivity index (χ1) is 16.0. The molecule has 1 aliphatic rings. The van der Waals surface area contributed by atoms with Crippen LogP contribution in [0.25, 0.3) is 6.08 Å². The van der Waals surface area contributed by atoms with Gasteiger partial charge in [-0.25, -0.2) is 0 Å². The van der Waals surface area contributed by atoms with Gasteiger partial charge in [-0.1, -0.05) is 24.6 Å². The van der Waals surface area contributed by atoms with Gasteiger partial charge in [0.25, 0.3) is 11.8 Å². The lowest BCUT2D eigenvalue weighted by molar-refractivity contribution is -0.137. The van der Waals surface area contributed by atoms with Crippen molar-refractivity contribution in [2.75, 3.05) is 20.4 Å². The third-order valence-electron chi connectivity index (χ3n) is 4.91. The molecule has 3 N–H and O–H groups in total. The van der Waals surface area contributed by atoms with E-state index in [1.807, 2.05) is 0 Å². The summed E-state index contributed by atoms with van der Waals surface area (Å²) in [5.74, 6) is -0.246. The molecule has 9 nitrogen and oxygen atoms in total. The van der Waals surface area contributed by atoms with Gasteiger partial charge in [-0.2, -0.15) is 0 Å². The van der Waals surface area contributed by atoms with Gasteiger partial charge in [0.2, 0.25) is 6.79 Å². The highest BCUT2D eigenvalue weighted by Gasteiger charge is 2.18. The Labute approximate surface area is 191 Å². The smallest absolute Gasteiger partial charge is 0.303 e. The molecule has 2 aromatic carbocycles. The number of nitrogens with one attached hydrogen (secondary N) is 2. The second kappa shape index (κ2) is 11.6. The van der Waals surface area contributed by atoms with Crippen LogP contribution in [0.1, 0.15) is 41.6 Å². The number of fused-ring (bicyclic) bond motifs is 1. The number of carboxylic acid groups (broad SMARTS) is 1. The molecule has 0 aromatic heterocycles. The van der Waals surface area contributed by atoms with Crippen molar-refractivity contribution in [2.24, 2.45) is 0 Å². The van der Waals surface area contributed by atoms with E-state index >= 15 is 0 Å². The molecule has 33 heavy (non-hydrogen) atoms. The Balaban J connectivity index is 1.73. The van der Waals surface area contributed by atoms with Gasteiger partial charge in [0, 0.05) is 13.0 Å². The van der Waals surface area contributed by atoms with Crippen molar-refractivity contribution < 1.29 is 33.7 Å². The summed E-state index contributed by atoms with van der Waals surface area (Å²) in [5, 5.41) is 14.1. The molecule has 1 heterocycles. The van der Waals surface area contributed by atoms with Crippen LogP contribution in [-0.4, -0.2) is 43.3 Å². The molecule has 174 valence electrons. The normalized spacial score (nSPS) is 12.2. The lowest BCUT2D eigenvalue weighted by atomic mass is 10.1. The van der Waals surface area contributed by atoms with E-state index in [9.17, 15) is 14.4 Å². The second-order valence-corrected chi connectivity index (χ2v) is 7.29.